The highest BCUT2D eigenvalue weighted by molar-refractivity contribution is 6.30. The van der Waals surface area contributed by atoms with E-state index in [4.69, 9.17) is 16.3 Å². The third kappa shape index (κ3) is 4.37. The van der Waals surface area contributed by atoms with E-state index in [1.165, 1.54) is 30.5 Å². The number of hydrogen-bond acceptors (Lipinski definition) is 3. The second kappa shape index (κ2) is 7.87. The van der Waals surface area contributed by atoms with E-state index in [1.54, 1.807) is 7.11 Å². The molecule has 0 spiro atoms. The average Bonchev–Trinajstić information content (AvgIpc) is 3.27. The number of nitrogens with one attached hydrogen (secondary N) is 1. The molecule has 0 atom stereocenters. The van der Waals surface area contributed by atoms with Gasteiger partial charge in [0.15, 0.2) is 0 Å². The molecule has 2 rings (SSSR count). The van der Waals surface area contributed by atoms with Crippen LogP contribution in [0.1, 0.15) is 31.7 Å². The largest absolute Gasteiger partial charge is 0.383 e. The zero-order valence-electron chi connectivity index (χ0n) is 12.5. The fraction of sp³-hybridized carbons (Fsp3) is 0.625. The van der Waals surface area contributed by atoms with E-state index in [1.807, 2.05) is 6.07 Å². The lowest BCUT2D eigenvalue weighted by Gasteiger charge is -2.27. The first-order chi connectivity index (χ1) is 9.76. The molecule has 0 heterocycles. The Morgan fingerprint density at radius 3 is 2.85 bits per heavy atom. The number of anilines is 1. The monoisotopic (exact) mass is 296 g/mol. The smallest absolute Gasteiger partial charge is 0.0587 e. The lowest BCUT2D eigenvalue weighted by Crippen LogP contribution is -2.28. The van der Waals surface area contributed by atoms with E-state index in [0.717, 1.165) is 31.3 Å². The first-order valence-electron chi connectivity index (χ1n) is 7.51. The number of hydrogen-bond donors (Lipinski definition) is 1. The second-order valence-corrected chi connectivity index (χ2v) is 5.80. The van der Waals surface area contributed by atoms with Gasteiger partial charge in [-0.1, -0.05) is 24.6 Å². The maximum absolute atomic E-state index is 6.20. The van der Waals surface area contributed by atoms with Crippen LogP contribution >= 0.6 is 11.6 Å². The number of ether oxygens (including phenoxy) is 1. The molecule has 3 nitrogen and oxygen atoms in total. The van der Waals surface area contributed by atoms with Crippen molar-refractivity contribution in [2.75, 3.05) is 31.7 Å². The number of nitrogens with zero attached hydrogens (tertiary/aromatic N) is 1. The highest BCUT2D eigenvalue weighted by Crippen LogP contribution is 2.35. The van der Waals surface area contributed by atoms with Crippen molar-refractivity contribution < 1.29 is 4.74 Å². The van der Waals surface area contributed by atoms with Gasteiger partial charge in [-0.2, -0.15) is 0 Å². The van der Waals surface area contributed by atoms with Crippen LogP contribution in [-0.2, 0) is 11.3 Å². The van der Waals surface area contributed by atoms with Crippen LogP contribution in [-0.4, -0.2) is 32.8 Å². The van der Waals surface area contributed by atoms with Crippen LogP contribution in [0.5, 0.6) is 0 Å². The van der Waals surface area contributed by atoms with Crippen molar-refractivity contribution in [3.8, 4) is 0 Å². The van der Waals surface area contributed by atoms with Gasteiger partial charge in [0.25, 0.3) is 0 Å². The van der Waals surface area contributed by atoms with Crippen LogP contribution in [0, 0.1) is 0 Å². The van der Waals surface area contributed by atoms with Gasteiger partial charge in [0.05, 0.1) is 6.61 Å². The second-order valence-electron chi connectivity index (χ2n) is 5.37. The molecule has 1 N–H and O–H groups in total. The molecule has 4 heteroatoms. The van der Waals surface area contributed by atoms with Gasteiger partial charge in [-0.05, 0) is 37.0 Å². The summed E-state index contributed by atoms with van der Waals surface area (Å²) in [4.78, 5) is 2.53. The fourth-order valence-electron chi connectivity index (χ4n) is 2.48. The topological polar surface area (TPSA) is 24.5 Å². The quantitative estimate of drug-likeness (QED) is 0.706. The average molecular weight is 297 g/mol. The van der Waals surface area contributed by atoms with E-state index in [9.17, 15) is 0 Å². The first kappa shape index (κ1) is 15.6. The van der Waals surface area contributed by atoms with Crippen molar-refractivity contribution in [3.63, 3.8) is 0 Å². The van der Waals surface area contributed by atoms with E-state index in [-0.39, 0.29) is 0 Å². The van der Waals surface area contributed by atoms with Crippen molar-refractivity contribution in [1.82, 2.24) is 5.32 Å². The SMILES string of the molecule is CCCN(c1cc(Cl)ccc1CNCCOC)C1CC1. The van der Waals surface area contributed by atoms with Crippen molar-refractivity contribution >= 4 is 17.3 Å². The Balaban J connectivity index is 2.09. The highest BCUT2D eigenvalue weighted by Gasteiger charge is 2.29. The molecule has 1 fully saturated rings. The van der Waals surface area contributed by atoms with E-state index < -0.39 is 0 Å². The van der Waals surface area contributed by atoms with E-state index in [0.29, 0.717) is 6.04 Å². The molecule has 1 aliphatic rings. The minimum Gasteiger partial charge on any atom is -0.383 e. The minimum absolute atomic E-state index is 0.714. The highest BCUT2D eigenvalue weighted by atomic mass is 35.5. The minimum atomic E-state index is 0.714. The molecule has 0 aromatic heterocycles. The van der Waals surface area contributed by atoms with Gasteiger partial charge in [-0.25, -0.2) is 0 Å². The van der Waals surface area contributed by atoms with E-state index in [2.05, 4.69) is 29.3 Å². The Morgan fingerprint density at radius 1 is 1.40 bits per heavy atom. The van der Waals surface area contributed by atoms with Crippen molar-refractivity contribution in [3.05, 3.63) is 28.8 Å². The van der Waals surface area contributed by atoms with Crippen LogP contribution in [0.4, 0.5) is 5.69 Å². The van der Waals surface area contributed by atoms with Crippen LogP contribution in [0.2, 0.25) is 5.02 Å². The summed E-state index contributed by atoms with van der Waals surface area (Å²) < 4.78 is 5.07. The number of methoxy groups -OCH3 is 1. The summed E-state index contributed by atoms with van der Waals surface area (Å²) in [5.74, 6) is 0. The predicted molar refractivity (Wildman–Crippen MR) is 85.7 cm³/mol. The zero-order valence-corrected chi connectivity index (χ0v) is 13.2. The van der Waals surface area contributed by atoms with Crippen molar-refractivity contribution in [2.45, 2.75) is 38.8 Å². The maximum atomic E-state index is 6.20. The molecular formula is C16H25ClN2O. The zero-order chi connectivity index (χ0) is 14.4. The summed E-state index contributed by atoms with van der Waals surface area (Å²) in [7, 11) is 1.73. The summed E-state index contributed by atoms with van der Waals surface area (Å²) in [5, 5.41) is 4.25. The molecule has 0 aliphatic heterocycles. The van der Waals surface area contributed by atoms with Crippen molar-refractivity contribution in [2.24, 2.45) is 0 Å². The summed E-state index contributed by atoms with van der Waals surface area (Å²) >= 11 is 6.20. The predicted octanol–water partition coefficient (Wildman–Crippen LogP) is 3.45. The lowest BCUT2D eigenvalue weighted by molar-refractivity contribution is 0.199. The third-order valence-electron chi connectivity index (χ3n) is 3.61. The van der Waals surface area contributed by atoms with Gasteiger partial charge in [0, 0.05) is 43.5 Å². The lowest BCUT2D eigenvalue weighted by atomic mass is 10.1. The molecule has 0 unspecified atom stereocenters. The molecule has 1 aliphatic carbocycles. The molecule has 20 heavy (non-hydrogen) atoms. The number of halogens is 1. The Morgan fingerprint density at radius 2 is 2.20 bits per heavy atom. The molecule has 1 aromatic rings. The van der Waals surface area contributed by atoms with Gasteiger partial charge >= 0.3 is 0 Å². The van der Waals surface area contributed by atoms with Crippen LogP contribution in [0.25, 0.3) is 0 Å². The van der Waals surface area contributed by atoms with Gasteiger partial charge in [-0.15, -0.1) is 0 Å². The number of rotatable bonds is 9. The number of benzene rings is 1. The van der Waals surface area contributed by atoms with Gasteiger partial charge in [0.2, 0.25) is 0 Å². The van der Waals surface area contributed by atoms with Crippen molar-refractivity contribution in [1.29, 1.82) is 0 Å². The van der Waals surface area contributed by atoms with Gasteiger partial charge in [-0.3, -0.25) is 0 Å². The molecule has 0 amide bonds. The Kier molecular flexibility index (Phi) is 6.14. The fourth-order valence-corrected chi connectivity index (χ4v) is 2.64. The van der Waals surface area contributed by atoms with Crippen LogP contribution < -0.4 is 10.2 Å². The van der Waals surface area contributed by atoms with Crippen LogP contribution in [0.15, 0.2) is 18.2 Å². The molecule has 1 saturated carbocycles. The Hall–Kier alpha value is -0.770. The summed E-state index contributed by atoms with van der Waals surface area (Å²) in [6, 6.07) is 6.95. The van der Waals surface area contributed by atoms with Gasteiger partial charge < -0.3 is 15.0 Å². The standard InChI is InChI=1S/C16H25ClN2O/c1-3-9-19(15-6-7-15)16-11-14(17)5-4-13(16)12-18-8-10-20-2/h4-5,11,15,18H,3,6-10,12H2,1-2H3. The van der Waals surface area contributed by atoms with Gasteiger partial charge in [0.1, 0.15) is 0 Å². The Labute approximate surface area is 127 Å². The molecule has 112 valence electrons. The van der Waals surface area contributed by atoms with E-state index >= 15 is 0 Å². The molecule has 0 radical (unpaired) electrons. The summed E-state index contributed by atoms with van der Waals surface area (Å²) in [5.41, 5.74) is 2.62. The molecular weight excluding hydrogens is 272 g/mol. The maximum Gasteiger partial charge on any atom is 0.0587 e. The molecule has 0 bridgehead atoms. The molecule has 0 saturated heterocycles. The first-order valence-corrected chi connectivity index (χ1v) is 7.88. The summed E-state index contributed by atoms with van der Waals surface area (Å²) in [6.07, 6.45) is 3.78. The van der Waals surface area contributed by atoms with Crippen LogP contribution in [0.3, 0.4) is 0 Å². The third-order valence-corrected chi connectivity index (χ3v) is 3.84. The normalized spacial score (nSPS) is 14.6. The molecule has 1 aromatic carbocycles. The Bertz CT molecular complexity index is 421. The summed E-state index contributed by atoms with van der Waals surface area (Å²) in [6.45, 7) is 5.81.